The predicted molar refractivity (Wildman–Crippen MR) is 87.1 cm³/mol. The molecule has 118 valence electrons. The molecule has 0 aliphatic carbocycles. The molecule has 1 aliphatic heterocycles. The zero-order chi connectivity index (χ0) is 15.1. The van der Waals surface area contributed by atoms with Gasteiger partial charge in [0.05, 0.1) is 0 Å². The van der Waals surface area contributed by atoms with E-state index in [-0.39, 0.29) is 5.91 Å². The molecule has 1 aliphatic rings. The van der Waals surface area contributed by atoms with Crippen LogP contribution in [0.4, 0.5) is 10.9 Å². The number of hydrogen-bond donors (Lipinski definition) is 4. The molecule has 0 radical (unpaired) electrons. The van der Waals surface area contributed by atoms with Crippen molar-refractivity contribution in [2.24, 2.45) is 0 Å². The number of rotatable bonds is 7. The van der Waals surface area contributed by atoms with E-state index in [1.54, 1.807) is 0 Å². The third-order valence-corrected chi connectivity index (χ3v) is 4.43. The van der Waals surface area contributed by atoms with E-state index in [0.29, 0.717) is 17.2 Å². The van der Waals surface area contributed by atoms with Crippen molar-refractivity contribution in [3.63, 3.8) is 0 Å². The van der Waals surface area contributed by atoms with Gasteiger partial charge in [-0.1, -0.05) is 18.3 Å². The zero-order valence-electron chi connectivity index (χ0n) is 12.4. The van der Waals surface area contributed by atoms with Gasteiger partial charge in [0, 0.05) is 32.7 Å². The van der Waals surface area contributed by atoms with Crippen LogP contribution >= 0.6 is 11.3 Å². The number of nitrogen functional groups attached to an aromatic ring is 1. The highest BCUT2D eigenvalue weighted by atomic mass is 32.1. The van der Waals surface area contributed by atoms with Crippen LogP contribution in [0.15, 0.2) is 0 Å². The van der Waals surface area contributed by atoms with Crippen molar-refractivity contribution in [3.8, 4) is 0 Å². The first-order valence-electron chi connectivity index (χ1n) is 7.43. The lowest BCUT2D eigenvalue weighted by molar-refractivity contribution is 0.0958. The van der Waals surface area contributed by atoms with Gasteiger partial charge in [0.15, 0.2) is 5.13 Å². The van der Waals surface area contributed by atoms with Gasteiger partial charge in [-0.25, -0.2) is 4.98 Å². The first-order valence-corrected chi connectivity index (χ1v) is 8.25. The van der Waals surface area contributed by atoms with Gasteiger partial charge in [-0.05, 0) is 19.5 Å². The quantitative estimate of drug-likeness (QED) is 0.524. The van der Waals surface area contributed by atoms with Crippen LogP contribution in [0.25, 0.3) is 0 Å². The highest BCUT2D eigenvalue weighted by Gasteiger charge is 2.20. The Hall–Kier alpha value is -1.38. The highest BCUT2D eigenvalue weighted by molar-refractivity contribution is 7.18. The smallest absolute Gasteiger partial charge is 0.265 e. The first-order chi connectivity index (χ1) is 10.2. The second kappa shape index (κ2) is 8.16. The topological polar surface area (TPSA) is 95.3 Å². The molecule has 8 heteroatoms. The molecule has 0 unspecified atom stereocenters. The maximum atomic E-state index is 12.1. The number of aromatic nitrogens is 1. The van der Waals surface area contributed by atoms with Crippen molar-refractivity contribution >= 4 is 28.2 Å². The Morgan fingerprint density at radius 2 is 2.19 bits per heavy atom. The predicted octanol–water partition coefficient (Wildman–Crippen LogP) is -0.136. The molecule has 1 aromatic rings. The second-order valence-electron chi connectivity index (χ2n) is 4.91. The summed E-state index contributed by atoms with van der Waals surface area (Å²) in [4.78, 5) is 19.1. The van der Waals surface area contributed by atoms with Crippen molar-refractivity contribution in [3.05, 3.63) is 4.88 Å². The van der Waals surface area contributed by atoms with Gasteiger partial charge in [-0.15, -0.1) is 0 Å². The molecule has 21 heavy (non-hydrogen) atoms. The number of nitrogens with two attached hydrogens (primary N) is 1. The molecular weight excluding hydrogens is 288 g/mol. The monoisotopic (exact) mass is 312 g/mol. The molecule has 0 bridgehead atoms. The maximum absolute atomic E-state index is 12.1. The average molecular weight is 312 g/mol. The molecule has 0 atom stereocenters. The summed E-state index contributed by atoms with van der Waals surface area (Å²) in [7, 11) is 0. The molecule has 1 aromatic heterocycles. The van der Waals surface area contributed by atoms with Crippen molar-refractivity contribution in [2.75, 3.05) is 56.4 Å². The van der Waals surface area contributed by atoms with E-state index in [2.05, 4.69) is 32.8 Å². The van der Waals surface area contributed by atoms with Crippen LogP contribution in [0, 0.1) is 0 Å². The number of anilines is 2. The van der Waals surface area contributed by atoms with Gasteiger partial charge in [0.1, 0.15) is 10.7 Å². The Bertz CT molecular complexity index is 458. The molecular formula is C13H24N6OS. The van der Waals surface area contributed by atoms with E-state index in [1.165, 1.54) is 11.3 Å². The van der Waals surface area contributed by atoms with Crippen LogP contribution in [0.5, 0.6) is 0 Å². The van der Waals surface area contributed by atoms with Crippen LogP contribution < -0.4 is 26.6 Å². The third kappa shape index (κ3) is 4.55. The van der Waals surface area contributed by atoms with E-state index < -0.39 is 0 Å². The average Bonchev–Trinajstić information content (AvgIpc) is 2.90. The molecule has 0 aromatic carbocycles. The fraction of sp³-hybridized carbons (Fsp3) is 0.692. The normalized spacial score (nSPS) is 15.2. The number of nitrogens with one attached hydrogen (secondary N) is 3. The Morgan fingerprint density at radius 3 is 2.90 bits per heavy atom. The fourth-order valence-electron chi connectivity index (χ4n) is 2.15. The van der Waals surface area contributed by atoms with Crippen molar-refractivity contribution in [1.82, 2.24) is 20.9 Å². The number of carbonyl (C=O) groups excluding carboxylic acids is 1. The summed E-state index contributed by atoms with van der Waals surface area (Å²) in [5, 5.41) is 10.2. The molecule has 7 nitrogen and oxygen atoms in total. The Morgan fingerprint density at radius 1 is 1.43 bits per heavy atom. The minimum atomic E-state index is -0.122. The molecule has 2 heterocycles. The van der Waals surface area contributed by atoms with E-state index >= 15 is 0 Å². The standard InChI is InChI=1S/C13H24N6OS/c1-2-15-4-3-5-17-12(20)10-11(14)18-13(21-10)19-8-6-16-7-9-19/h15-16H,2-9,14H2,1H3,(H,17,20). The van der Waals surface area contributed by atoms with Crippen LogP contribution in [0.3, 0.4) is 0 Å². The zero-order valence-corrected chi connectivity index (χ0v) is 13.3. The van der Waals surface area contributed by atoms with E-state index in [4.69, 9.17) is 5.73 Å². The largest absolute Gasteiger partial charge is 0.382 e. The van der Waals surface area contributed by atoms with E-state index in [0.717, 1.165) is 50.8 Å². The van der Waals surface area contributed by atoms with E-state index in [1.807, 2.05) is 0 Å². The lowest BCUT2D eigenvalue weighted by Crippen LogP contribution is -2.43. The summed E-state index contributed by atoms with van der Waals surface area (Å²) in [5.74, 6) is 0.209. The maximum Gasteiger partial charge on any atom is 0.265 e. The molecule has 1 saturated heterocycles. The van der Waals surface area contributed by atoms with Crippen LogP contribution in [0.1, 0.15) is 23.0 Å². The van der Waals surface area contributed by atoms with Crippen LogP contribution in [-0.4, -0.2) is 56.7 Å². The highest BCUT2D eigenvalue weighted by Crippen LogP contribution is 2.28. The Kier molecular flexibility index (Phi) is 6.21. The summed E-state index contributed by atoms with van der Waals surface area (Å²) in [6, 6.07) is 0. The van der Waals surface area contributed by atoms with Gasteiger partial charge < -0.3 is 26.6 Å². The summed E-state index contributed by atoms with van der Waals surface area (Å²) < 4.78 is 0. The van der Waals surface area contributed by atoms with Gasteiger partial charge in [-0.2, -0.15) is 0 Å². The number of nitrogens with zero attached hydrogens (tertiary/aromatic N) is 2. The summed E-state index contributed by atoms with van der Waals surface area (Å²) in [6.45, 7) is 8.23. The molecule has 1 amide bonds. The third-order valence-electron chi connectivity index (χ3n) is 3.30. The van der Waals surface area contributed by atoms with Crippen molar-refractivity contribution in [2.45, 2.75) is 13.3 Å². The SMILES string of the molecule is CCNCCCNC(=O)c1sc(N2CCNCC2)nc1N. The minimum absolute atomic E-state index is 0.122. The van der Waals surface area contributed by atoms with Crippen LogP contribution in [0.2, 0.25) is 0 Å². The van der Waals surface area contributed by atoms with E-state index in [9.17, 15) is 4.79 Å². The minimum Gasteiger partial charge on any atom is -0.382 e. The molecule has 0 saturated carbocycles. The van der Waals surface area contributed by atoms with Crippen molar-refractivity contribution < 1.29 is 4.79 Å². The summed E-state index contributed by atoms with van der Waals surface area (Å²) in [5.41, 5.74) is 5.88. The number of hydrogen-bond acceptors (Lipinski definition) is 7. The number of carbonyl (C=O) groups is 1. The molecule has 0 spiro atoms. The molecule has 5 N–H and O–H groups in total. The summed E-state index contributed by atoms with van der Waals surface area (Å²) >= 11 is 1.38. The van der Waals surface area contributed by atoms with Gasteiger partial charge >= 0.3 is 0 Å². The summed E-state index contributed by atoms with van der Waals surface area (Å²) in [6.07, 6.45) is 0.906. The number of amides is 1. The molecule has 1 fully saturated rings. The molecule has 2 rings (SSSR count). The van der Waals surface area contributed by atoms with Gasteiger partial charge in [0.25, 0.3) is 5.91 Å². The first kappa shape index (κ1) is 16.0. The lowest BCUT2D eigenvalue weighted by Gasteiger charge is -2.26. The van der Waals surface area contributed by atoms with Gasteiger partial charge in [-0.3, -0.25) is 4.79 Å². The Labute approximate surface area is 129 Å². The van der Waals surface area contributed by atoms with Gasteiger partial charge in [0.2, 0.25) is 0 Å². The van der Waals surface area contributed by atoms with Crippen LogP contribution in [-0.2, 0) is 0 Å². The van der Waals surface area contributed by atoms with Crippen molar-refractivity contribution in [1.29, 1.82) is 0 Å². The second-order valence-corrected chi connectivity index (χ2v) is 5.89. The number of thiazole rings is 1. The lowest BCUT2D eigenvalue weighted by atomic mass is 10.4. The Balaban J connectivity index is 1.87. The fourth-order valence-corrected chi connectivity index (χ4v) is 3.10. The number of piperazine rings is 1.